The summed E-state index contributed by atoms with van der Waals surface area (Å²) in [5, 5.41) is 0.360. The van der Waals surface area contributed by atoms with E-state index >= 15 is 0 Å². The van der Waals surface area contributed by atoms with E-state index < -0.39 is 0 Å². The van der Waals surface area contributed by atoms with Crippen LogP contribution in [0.3, 0.4) is 0 Å². The molecule has 2 aliphatic heterocycles. The second kappa shape index (κ2) is 6.17. The lowest BCUT2D eigenvalue weighted by Crippen LogP contribution is -2.45. The third-order valence-corrected chi connectivity index (χ3v) is 5.38. The molecule has 0 aromatic carbocycles. The molecule has 3 heteroatoms. The molecule has 2 fully saturated rings. The Balaban J connectivity index is 1.88. The summed E-state index contributed by atoms with van der Waals surface area (Å²) < 4.78 is 0.0522. The molecule has 2 atom stereocenters. The second-order valence-corrected chi connectivity index (χ2v) is 9.15. The Labute approximate surface area is 122 Å². The predicted molar refractivity (Wildman–Crippen MR) is 83.5 cm³/mol. The van der Waals surface area contributed by atoms with Crippen LogP contribution in [-0.2, 0) is 4.79 Å². The maximum atomic E-state index is 12.2. The van der Waals surface area contributed by atoms with E-state index in [9.17, 15) is 4.79 Å². The van der Waals surface area contributed by atoms with E-state index in [0.29, 0.717) is 23.7 Å². The maximum Gasteiger partial charge on any atom is 0.203 e. The van der Waals surface area contributed by atoms with Crippen LogP contribution in [0.2, 0.25) is 0 Å². The highest BCUT2D eigenvalue weighted by Gasteiger charge is 2.41. The fraction of sp³-hybridized carbons (Fsp3) is 0.938. The monoisotopic (exact) mass is 283 g/mol. The number of nitrogens with zero attached hydrogens (tertiary/aromatic N) is 1. The average Bonchev–Trinajstić information content (AvgIpc) is 2.51. The third-order valence-electron chi connectivity index (χ3n) is 4.41. The van der Waals surface area contributed by atoms with Crippen molar-refractivity contribution >= 4 is 16.9 Å². The van der Waals surface area contributed by atoms with E-state index in [1.54, 1.807) is 0 Å². The molecule has 0 aromatic rings. The van der Waals surface area contributed by atoms with E-state index in [0.717, 1.165) is 5.92 Å². The summed E-state index contributed by atoms with van der Waals surface area (Å²) in [4.78, 5) is 14.7. The van der Waals surface area contributed by atoms with Crippen molar-refractivity contribution in [2.45, 2.75) is 83.1 Å². The van der Waals surface area contributed by atoms with Crippen molar-refractivity contribution in [2.75, 3.05) is 6.54 Å². The van der Waals surface area contributed by atoms with E-state index in [1.165, 1.54) is 50.3 Å². The van der Waals surface area contributed by atoms with Crippen LogP contribution in [0.4, 0.5) is 0 Å². The first-order chi connectivity index (χ1) is 8.89. The van der Waals surface area contributed by atoms with Gasteiger partial charge in [0.2, 0.25) is 5.12 Å². The summed E-state index contributed by atoms with van der Waals surface area (Å²) in [6.07, 6.45) is 7.99. The highest BCUT2D eigenvalue weighted by atomic mass is 32.2. The summed E-state index contributed by atoms with van der Waals surface area (Å²) in [5.74, 6) is 0.920. The van der Waals surface area contributed by atoms with Gasteiger partial charge in [-0.2, -0.15) is 0 Å². The Morgan fingerprint density at radius 1 is 1.21 bits per heavy atom. The van der Waals surface area contributed by atoms with Gasteiger partial charge in [-0.05, 0) is 31.6 Å². The molecule has 19 heavy (non-hydrogen) atoms. The van der Waals surface area contributed by atoms with Gasteiger partial charge in [0.1, 0.15) is 0 Å². The van der Waals surface area contributed by atoms with Crippen molar-refractivity contribution in [3.05, 3.63) is 0 Å². The summed E-state index contributed by atoms with van der Waals surface area (Å²) in [5.41, 5.74) is 0. The number of hydrogen-bond donors (Lipinski definition) is 0. The van der Waals surface area contributed by atoms with Crippen LogP contribution in [0.5, 0.6) is 0 Å². The average molecular weight is 283 g/mol. The molecule has 110 valence electrons. The summed E-state index contributed by atoms with van der Waals surface area (Å²) >= 11 is 1.51. The lowest BCUT2D eigenvalue weighted by atomic mass is 9.87. The first kappa shape index (κ1) is 15.4. The number of piperidine rings is 1. The molecule has 0 N–H and O–H groups in total. The molecule has 0 saturated carbocycles. The standard InChI is InChI=1S/C16H29NOS/c1-5-6-12-9-13-7-8-14(10-12)17(13)11-15(18)19-16(2,3)4/h12-14H,5-11H2,1-4H3. The van der Waals surface area contributed by atoms with Gasteiger partial charge in [0.15, 0.2) is 0 Å². The highest BCUT2D eigenvalue weighted by molar-refractivity contribution is 8.14. The number of thioether (sulfide) groups is 1. The van der Waals surface area contributed by atoms with Crippen LogP contribution in [0.15, 0.2) is 0 Å². The minimum absolute atomic E-state index is 0.0522. The molecule has 2 bridgehead atoms. The summed E-state index contributed by atoms with van der Waals surface area (Å²) in [7, 11) is 0. The molecular formula is C16H29NOS. The Kier molecular flexibility index (Phi) is 4.99. The van der Waals surface area contributed by atoms with E-state index in [4.69, 9.17) is 0 Å². The predicted octanol–water partition coefficient (Wildman–Crippen LogP) is 4.09. The maximum absolute atomic E-state index is 12.2. The van der Waals surface area contributed by atoms with Crippen molar-refractivity contribution in [2.24, 2.45) is 5.92 Å². The van der Waals surface area contributed by atoms with Crippen molar-refractivity contribution in [1.29, 1.82) is 0 Å². The van der Waals surface area contributed by atoms with Gasteiger partial charge in [0.25, 0.3) is 0 Å². The molecule has 0 aromatic heterocycles. The van der Waals surface area contributed by atoms with E-state index in [1.807, 2.05) is 0 Å². The third kappa shape index (κ3) is 4.22. The molecule has 0 amide bonds. The lowest BCUT2D eigenvalue weighted by molar-refractivity contribution is -0.113. The first-order valence-electron chi connectivity index (χ1n) is 7.86. The molecule has 2 nitrogen and oxygen atoms in total. The Morgan fingerprint density at radius 2 is 1.79 bits per heavy atom. The van der Waals surface area contributed by atoms with Crippen LogP contribution in [0.25, 0.3) is 0 Å². The molecule has 0 radical (unpaired) electrons. The summed E-state index contributed by atoms with van der Waals surface area (Å²) in [6.45, 7) is 9.33. The molecule has 0 spiro atoms. The number of fused-ring (bicyclic) bond motifs is 2. The van der Waals surface area contributed by atoms with Gasteiger partial charge in [-0.3, -0.25) is 9.69 Å². The quantitative estimate of drug-likeness (QED) is 0.775. The zero-order valence-corrected chi connectivity index (χ0v) is 13.8. The topological polar surface area (TPSA) is 20.3 Å². The molecule has 2 aliphatic rings. The minimum Gasteiger partial charge on any atom is -0.289 e. The van der Waals surface area contributed by atoms with E-state index in [2.05, 4.69) is 32.6 Å². The van der Waals surface area contributed by atoms with Crippen molar-refractivity contribution in [1.82, 2.24) is 4.90 Å². The Morgan fingerprint density at radius 3 is 2.26 bits per heavy atom. The van der Waals surface area contributed by atoms with Gasteiger partial charge < -0.3 is 0 Å². The molecular weight excluding hydrogens is 254 g/mol. The van der Waals surface area contributed by atoms with Gasteiger partial charge in [0, 0.05) is 16.8 Å². The van der Waals surface area contributed by atoms with Crippen LogP contribution in [0.1, 0.15) is 66.2 Å². The Hall–Kier alpha value is -0.0200. The zero-order valence-electron chi connectivity index (χ0n) is 12.9. The van der Waals surface area contributed by atoms with Crippen molar-refractivity contribution < 1.29 is 4.79 Å². The van der Waals surface area contributed by atoms with Gasteiger partial charge in [-0.15, -0.1) is 0 Å². The van der Waals surface area contributed by atoms with Crippen LogP contribution >= 0.6 is 11.8 Å². The van der Waals surface area contributed by atoms with Gasteiger partial charge >= 0.3 is 0 Å². The SMILES string of the molecule is CCCC1CC2CCC(C1)N2CC(=O)SC(C)(C)C. The minimum atomic E-state index is 0.0522. The first-order valence-corrected chi connectivity index (χ1v) is 8.68. The van der Waals surface area contributed by atoms with E-state index in [-0.39, 0.29) is 4.75 Å². The molecule has 0 aliphatic carbocycles. The molecule has 2 heterocycles. The lowest BCUT2D eigenvalue weighted by Gasteiger charge is -2.38. The number of carbonyl (C=O) groups is 1. The zero-order chi connectivity index (χ0) is 14.0. The number of hydrogen-bond acceptors (Lipinski definition) is 3. The fourth-order valence-electron chi connectivity index (χ4n) is 3.81. The fourth-order valence-corrected chi connectivity index (χ4v) is 4.71. The van der Waals surface area contributed by atoms with Crippen LogP contribution in [0, 0.1) is 5.92 Å². The smallest absolute Gasteiger partial charge is 0.203 e. The Bertz CT molecular complexity index is 309. The highest BCUT2D eigenvalue weighted by Crippen LogP contribution is 2.40. The van der Waals surface area contributed by atoms with Gasteiger partial charge in [-0.1, -0.05) is 52.3 Å². The van der Waals surface area contributed by atoms with Crippen LogP contribution < -0.4 is 0 Å². The molecule has 2 unspecified atom stereocenters. The van der Waals surface area contributed by atoms with Gasteiger partial charge in [-0.25, -0.2) is 0 Å². The molecule has 2 saturated heterocycles. The largest absolute Gasteiger partial charge is 0.289 e. The number of carbonyl (C=O) groups excluding carboxylic acids is 1. The molecule has 2 rings (SSSR count). The normalized spacial score (nSPS) is 31.7. The van der Waals surface area contributed by atoms with Crippen molar-refractivity contribution in [3.8, 4) is 0 Å². The van der Waals surface area contributed by atoms with Crippen molar-refractivity contribution in [3.63, 3.8) is 0 Å². The summed E-state index contributed by atoms with van der Waals surface area (Å²) in [6, 6.07) is 1.39. The second-order valence-electron chi connectivity index (χ2n) is 7.27. The number of rotatable bonds is 4. The van der Waals surface area contributed by atoms with Crippen LogP contribution in [-0.4, -0.2) is 33.4 Å². The van der Waals surface area contributed by atoms with Gasteiger partial charge in [0.05, 0.1) is 6.54 Å².